The molecule has 0 saturated heterocycles. The highest BCUT2D eigenvalue weighted by Crippen LogP contribution is 2.60. The van der Waals surface area contributed by atoms with Gasteiger partial charge in [0.2, 0.25) is 0 Å². The molecule has 2 N–H and O–H groups in total. The molecule has 0 unspecified atom stereocenters. The van der Waals surface area contributed by atoms with Gasteiger partial charge in [0.1, 0.15) is 11.6 Å². The molecule has 0 atom stereocenters. The second-order valence-corrected chi connectivity index (χ2v) is 12.9. The Labute approximate surface area is 242 Å². The summed E-state index contributed by atoms with van der Waals surface area (Å²) in [5.41, 5.74) is 8.44. The first-order valence-electron chi connectivity index (χ1n) is 15.2. The number of benzene rings is 2. The maximum Gasteiger partial charge on any atom is 0.261 e. The van der Waals surface area contributed by atoms with E-state index in [1.807, 2.05) is 24.4 Å². The number of hydrogen-bond acceptors (Lipinski definition) is 2. The van der Waals surface area contributed by atoms with Crippen molar-refractivity contribution in [1.82, 2.24) is 14.9 Å². The lowest BCUT2D eigenvalue weighted by Crippen LogP contribution is -2.48. The van der Waals surface area contributed by atoms with E-state index in [-0.39, 0.29) is 11.5 Å². The molecule has 5 nitrogen and oxygen atoms in total. The topological polar surface area (TPSA) is 73.6 Å². The second-order valence-electron chi connectivity index (χ2n) is 12.9. The van der Waals surface area contributed by atoms with E-state index < -0.39 is 0 Å². The average molecular weight is 543 g/mol. The van der Waals surface area contributed by atoms with E-state index >= 15 is 0 Å². The Morgan fingerprint density at radius 3 is 2.41 bits per heavy atom. The van der Waals surface area contributed by atoms with Gasteiger partial charge >= 0.3 is 0 Å². The largest absolute Gasteiger partial charge is 0.361 e. The Bertz CT molecular complexity index is 1660. The van der Waals surface area contributed by atoms with Crippen LogP contribution in [0.1, 0.15) is 66.6 Å². The molecule has 4 saturated carbocycles. The number of carbonyl (C=O) groups is 1. The van der Waals surface area contributed by atoms with Crippen LogP contribution in [-0.2, 0) is 16.6 Å². The summed E-state index contributed by atoms with van der Waals surface area (Å²) in [5, 5.41) is 13.9. The Kier molecular flexibility index (Phi) is 6.38. The summed E-state index contributed by atoms with van der Waals surface area (Å²) in [6.07, 6.45) is 12.9. The van der Waals surface area contributed by atoms with Crippen LogP contribution in [0.2, 0.25) is 0 Å². The molecule has 4 bridgehead atoms. The fourth-order valence-electron chi connectivity index (χ4n) is 8.81. The molecule has 1 amide bonds. The molecule has 4 aliphatic rings. The molecule has 5 heteroatoms. The molecule has 2 heterocycles. The Morgan fingerprint density at radius 1 is 1.05 bits per heavy atom. The number of aromatic nitrogens is 2. The molecule has 41 heavy (non-hydrogen) atoms. The van der Waals surface area contributed by atoms with Gasteiger partial charge in [0, 0.05) is 40.7 Å². The summed E-state index contributed by atoms with van der Waals surface area (Å²) in [5.74, 6) is 2.47. The molecular weight excluding hydrogens is 504 g/mol. The van der Waals surface area contributed by atoms with Crippen LogP contribution in [0, 0.1) is 42.9 Å². The third-order valence-electron chi connectivity index (χ3n) is 10.3. The highest BCUT2D eigenvalue weighted by atomic mass is 16.1. The number of amides is 1. The molecule has 2 aromatic carbocycles. The van der Waals surface area contributed by atoms with Crippen molar-refractivity contribution in [2.24, 2.45) is 17.8 Å². The zero-order valence-corrected chi connectivity index (χ0v) is 24.0. The molecule has 2 aromatic heterocycles. The average Bonchev–Trinajstić information content (AvgIpc) is 3.50. The number of nitrogens with zero attached hydrogens (tertiary/aromatic N) is 2. The lowest BCUT2D eigenvalue weighted by Gasteiger charge is -2.57. The number of aromatic amines is 1. The molecule has 0 aliphatic heterocycles. The van der Waals surface area contributed by atoms with Gasteiger partial charge in [-0.2, -0.15) is 5.26 Å². The predicted molar refractivity (Wildman–Crippen MR) is 164 cm³/mol. The quantitative estimate of drug-likeness (QED) is 0.190. The van der Waals surface area contributed by atoms with Crippen molar-refractivity contribution in [2.75, 3.05) is 6.54 Å². The summed E-state index contributed by atoms with van der Waals surface area (Å²) < 4.78 is 2.24. The molecule has 4 fully saturated rings. The van der Waals surface area contributed by atoms with Crippen molar-refractivity contribution >= 4 is 22.9 Å². The number of nitrogens with one attached hydrogen (secondary N) is 2. The number of nitriles is 1. The number of carbonyl (C=O) groups excluding carboxylic acids is 1. The summed E-state index contributed by atoms with van der Waals surface area (Å²) >= 11 is 0. The normalized spacial score (nSPS) is 25.0. The number of para-hydroxylation sites is 1. The van der Waals surface area contributed by atoms with E-state index in [1.54, 1.807) is 6.08 Å². The molecule has 0 spiro atoms. The first kappa shape index (κ1) is 25.9. The zero-order valence-electron chi connectivity index (χ0n) is 24.0. The van der Waals surface area contributed by atoms with Crippen LogP contribution in [0.5, 0.6) is 0 Å². The minimum atomic E-state index is -0.336. The maximum atomic E-state index is 12.9. The minimum Gasteiger partial charge on any atom is -0.361 e. The van der Waals surface area contributed by atoms with Crippen LogP contribution in [0.3, 0.4) is 0 Å². The van der Waals surface area contributed by atoms with Gasteiger partial charge in [0.05, 0.1) is 0 Å². The molecule has 208 valence electrons. The molecule has 4 aromatic rings. The van der Waals surface area contributed by atoms with E-state index in [0.717, 1.165) is 56.9 Å². The van der Waals surface area contributed by atoms with E-state index in [0.29, 0.717) is 18.4 Å². The Hall–Kier alpha value is -4.04. The minimum absolute atomic E-state index is 0.126. The molecule has 4 aliphatic carbocycles. The number of hydrogen-bond donors (Lipinski definition) is 2. The number of H-pyrrole nitrogens is 1. The zero-order chi connectivity index (χ0) is 28.1. The second kappa shape index (κ2) is 10.1. The smallest absolute Gasteiger partial charge is 0.261 e. The van der Waals surface area contributed by atoms with E-state index in [9.17, 15) is 10.1 Å². The van der Waals surface area contributed by atoms with Gasteiger partial charge < -0.3 is 14.9 Å². The van der Waals surface area contributed by atoms with Crippen LogP contribution < -0.4 is 5.32 Å². The Balaban J connectivity index is 1.06. The lowest BCUT2D eigenvalue weighted by atomic mass is 9.48. The van der Waals surface area contributed by atoms with Crippen LogP contribution in [0.25, 0.3) is 22.7 Å². The molecule has 8 rings (SSSR count). The van der Waals surface area contributed by atoms with Gasteiger partial charge in [-0.15, -0.1) is 0 Å². The number of fused-ring (bicyclic) bond motifs is 1. The highest BCUT2D eigenvalue weighted by molar-refractivity contribution is 6.01. The maximum absolute atomic E-state index is 12.9. The number of aryl methyl sites for hydroxylation is 1. The summed E-state index contributed by atoms with van der Waals surface area (Å²) in [6, 6.07) is 21.6. The third kappa shape index (κ3) is 4.60. The van der Waals surface area contributed by atoms with Crippen LogP contribution in [0.15, 0.2) is 66.4 Å². The van der Waals surface area contributed by atoms with Crippen molar-refractivity contribution in [2.45, 2.75) is 64.2 Å². The van der Waals surface area contributed by atoms with Gasteiger partial charge in [0.25, 0.3) is 5.91 Å². The monoisotopic (exact) mass is 542 g/mol. The van der Waals surface area contributed by atoms with Gasteiger partial charge in [-0.25, -0.2) is 0 Å². The summed E-state index contributed by atoms with van der Waals surface area (Å²) in [7, 11) is 0. The van der Waals surface area contributed by atoms with E-state index in [4.69, 9.17) is 0 Å². The molecular formula is C36H38N4O. The van der Waals surface area contributed by atoms with E-state index in [2.05, 4.69) is 71.2 Å². The first-order chi connectivity index (χ1) is 19.9. The van der Waals surface area contributed by atoms with Crippen molar-refractivity contribution in [3.8, 4) is 11.8 Å². The van der Waals surface area contributed by atoms with Crippen LogP contribution in [-0.4, -0.2) is 22.0 Å². The predicted octanol–water partition coefficient (Wildman–Crippen LogP) is 7.31. The number of rotatable bonds is 7. The van der Waals surface area contributed by atoms with Crippen molar-refractivity contribution in [3.63, 3.8) is 0 Å². The summed E-state index contributed by atoms with van der Waals surface area (Å²) in [4.78, 5) is 16.2. The fraction of sp³-hybridized carbons (Fsp3) is 0.389. The molecule has 0 radical (unpaired) electrons. The van der Waals surface area contributed by atoms with Crippen LogP contribution in [0.4, 0.5) is 0 Å². The highest BCUT2D eigenvalue weighted by Gasteiger charge is 2.51. The SMILES string of the molecule is Cc1cc(C=C(C#N)C(=O)NCCc2c[nH]c3ccccc23)c(C)n1-c1ccc(C23CC4CC(CC(C4)C2)C3)cc1. The Morgan fingerprint density at radius 2 is 1.73 bits per heavy atom. The first-order valence-corrected chi connectivity index (χ1v) is 15.2. The van der Waals surface area contributed by atoms with Crippen molar-refractivity contribution < 1.29 is 4.79 Å². The third-order valence-corrected chi connectivity index (χ3v) is 10.3. The van der Waals surface area contributed by atoms with Crippen LogP contribution >= 0.6 is 0 Å². The summed E-state index contributed by atoms with van der Waals surface area (Å²) in [6.45, 7) is 4.62. The van der Waals surface area contributed by atoms with E-state index in [1.165, 1.54) is 44.1 Å². The van der Waals surface area contributed by atoms with Crippen molar-refractivity contribution in [3.05, 3.63) is 94.4 Å². The standard InChI is InChI=1S/C36H38N4O/c1-23-13-29(17-30(21-37)35(41)38-12-11-28-22-39-34-6-4-3-5-33(28)34)24(2)40(23)32-9-7-31(8-10-32)36-18-25-14-26(19-36)16-27(15-25)20-36/h3-10,13,17,22,25-27,39H,11-12,14-16,18-20H2,1-2H3,(H,38,41). The van der Waals surface area contributed by atoms with Gasteiger partial charge in [0.15, 0.2) is 0 Å². The lowest BCUT2D eigenvalue weighted by molar-refractivity contribution is -0.117. The van der Waals surface area contributed by atoms with Crippen molar-refractivity contribution in [1.29, 1.82) is 5.26 Å². The van der Waals surface area contributed by atoms with Gasteiger partial charge in [-0.3, -0.25) is 4.79 Å². The fourth-order valence-corrected chi connectivity index (χ4v) is 8.81. The van der Waals surface area contributed by atoms with Gasteiger partial charge in [-0.05, 0) is 129 Å². The van der Waals surface area contributed by atoms with Gasteiger partial charge in [-0.1, -0.05) is 30.3 Å².